The third-order valence-electron chi connectivity index (χ3n) is 2.25. The molecule has 0 aliphatic rings. The molecule has 0 saturated heterocycles. The molecular weight excluding hydrogens is 190 g/mol. The fourth-order valence-corrected chi connectivity index (χ4v) is 1.29. The molecule has 0 heterocycles. The quantitative estimate of drug-likeness (QED) is 0.433. The summed E-state index contributed by atoms with van der Waals surface area (Å²) in [5.74, 6) is 4.86. The number of amides is 1. The lowest BCUT2D eigenvalue weighted by atomic mass is 10.1. The zero-order valence-corrected chi connectivity index (χ0v) is 9.16. The van der Waals surface area contributed by atoms with E-state index < -0.39 is 0 Å². The van der Waals surface area contributed by atoms with E-state index in [1.165, 1.54) is 0 Å². The first-order valence-electron chi connectivity index (χ1n) is 4.89. The van der Waals surface area contributed by atoms with Crippen molar-refractivity contribution in [2.45, 2.75) is 12.8 Å². The number of nitrogens with one attached hydrogen (secondary N) is 1. The van der Waals surface area contributed by atoms with Crippen molar-refractivity contribution in [3.05, 3.63) is 29.8 Å². The number of nitrogens with zero attached hydrogens (tertiary/aromatic N) is 1. The molecule has 1 amide bonds. The van der Waals surface area contributed by atoms with Gasteiger partial charge in [0.05, 0.1) is 0 Å². The number of nitrogens with two attached hydrogens (primary N) is 1. The predicted molar refractivity (Wildman–Crippen MR) is 61.4 cm³/mol. The Labute approximate surface area is 90.0 Å². The molecule has 4 heteroatoms. The van der Waals surface area contributed by atoms with Gasteiger partial charge in [-0.3, -0.25) is 10.2 Å². The predicted octanol–water partition coefficient (Wildman–Crippen LogP) is 0.675. The van der Waals surface area contributed by atoms with Crippen LogP contribution in [0.15, 0.2) is 24.3 Å². The van der Waals surface area contributed by atoms with Gasteiger partial charge in [-0.2, -0.15) is 0 Å². The summed E-state index contributed by atoms with van der Waals surface area (Å²) in [4.78, 5) is 13.0. The van der Waals surface area contributed by atoms with Crippen LogP contribution in [0.2, 0.25) is 0 Å². The van der Waals surface area contributed by atoms with Crippen LogP contribution in [-0.4, -0.2) is 20.0 Å². The third-order valence-corrected chi connectivity index (χ3v) is 2.25. The first-order chi connectivity index (χ1) is 7.13. The van der Waals surface area contributed by atoms with Gasteiger partial charge in [-0.1, -0.05) is 12.1 Å². The highest BCUT2D eigenvalue weighted by molar-refractivity contribution is 5.75. The molecule has 0 aliphatic carbocycles. The summed E-state index contributed by atoms with van der Waals surface area (Å²) in [7, 11) is 3.99. The molecule has 0 spiro atoms. The van der Waals surface area contributed by atoms with Gasteiger partial charge in [-0.05, 0) is 24.1 Å². The van der Waals surface area contributed by atoms with Crippen molar-refractivity contribution in [2.75, 3.05) is 19.0 Å². The SMILES string of the molecule is CN(C)c1ccc(CCC(=O)NN)cc1. The van der Waals surface area contributed by atoms with Crippen molar-refractivity contribution >= 4 is 11.6 Å². The number of aryl methyl sites for hydroxylation is 1. The summed E-state index contributed by atoms with van der Waals surface area (Å²) in [5, 5.41) is 0. The molecule has 0 unspecified atom stereocenters. The first-order valence-corrected chi connectivity index (χ1v) is 4.89. The van der Waals surface area contributed by atoms with Gasteiger partial charge < -0.3 is 4.90 Å². The number of anilines is 1. The van der Waals surface area contributed by atoms with Gasteiger partial charge in [0.25, 0.3) is 0 Å². The smallest absolute Gasteiger partial charge is 0.234 e. The molecule has 0 saturated carbocycles. The minimum atomic E-state index is -0.133. The van der Waals surface area contributed by atoms with Crippen molar-refractivity contribution in [3.63, 3.8) is 0 Å². The van der Waals surface area contributed by atoms with Gasteiger partial charge in [0.2, 0.25) is 5.91 Å². The van der Waals surface area contributed by atoms with Gasteiger partial charge in [0, 0.05) is 26.2 Å². The van der Waals surface area contributed by atoms with E-state index in [1.807, 2.05) is 43.3 Å². The molecule has 1 rings (SSSR count). The number of benzene rings is 1. The summed E-state index contributed by atoms with van der Waals surface area (Å²) in [6.45, 7) is 0. The summed E-state index contributed by atoms with van der Waals surface area (Å²) < 4.78 is 0. The van der Waals surface area contributed by atoms with E-state index in [0.29, 0.717) is 6.42 Å². The first kappa shape index (κ1) is 11.5. The Morgan fingerprint density at radius 3 is 2.40 bits per heavy atom. The van der Waals surface area contributed by atoms with E-state index in [-0.39, 0.29) is 5.91 Å². The number of rotatable bonds is 4. The number of hydrogen-bond acceptors (Lipinski definition) is 3. The Bertz CT molecular complexity index is 319. The second-order valence-electron chi connectivity index (χ2n) is 3.63. The van der Waals surface area contributed by atoms with Crippen molar-refractivity contribution in [3.8, 4) is 0 Å². The van der Waals surface area contributed by atoms with Crippen molar-refractivity contribution in [1.82, 2.24) is 5.43 Å². The average molecular weight is 207 g/mol. The fraction of sp³-hybridized carbons (Fsp3) is 0.364. The second kappa shape index (κ2) is 5.36. The molecule has 1 aromatic rings. The van der Waals surface area contributed by atoms with Crippen LogP contribution in [0.25, 0.3) is 0 Å². The summed E-state index contributed by atoms with van der Waals surface area (Å²) in [6.07, 6.45) is 1.15. The molecular formula is C11H17N3O. The maximum absolute atomic E-state index is 10.9. The number of carbonyl (C=O) groups is 1. The number of hydrogen-bond donors (Lipinski definition) is 2. The van der Waals surface area contributed by atoms with Gasteiger partial charge in [-0.15, -0.1) is 0 Å². The Kier molecular flexibility index (Phi) is 4.12. The Morgan fingerprint density at radius 1 is 1.33 bits per heavy atom. The molecule has 0 atom stereocenters. The van der Waals surface area contributed by atoms with Gasteiger partial charge in [-0.25, -0.2) is 5.84 Å². The summed E-state index contributed by atoms with van der Waals surface area (Å²) in [6, 6.07) is 8.13. The lowest BCUT2D eigenvalue weighted by molar-refractivity contribution is -0.121. The largest absolute Gasteiger partial charge is 0.378 e. The maximum Gasteiger partial charge on any atom is 0.234 e. The molecule has 3 N–H and O–H groups in total. The zero-order valence-electron chi connectivity index (χ0n) is 9.16. The Balaban J connectivity index is 2.53. The monoisotopic (exact) mass is 207 g/mol. The van der Waals surface area contributed by atoms with E-state index in [9.17, 15) is 4.79 Å². The standard InChI is InChI=1S/C11H17N3O/c1-14(2)10-6-3-9(4-7-10)5-8-11(15)13-12/h3-4,6-7H,5,8,12H2,1-2H3,(H,13,15). The topological polar surface area (TPSA) is 58.4 Å². The lowest BCUT2D eigenvalue weighted by Gasteiger charge is -2.12. The number of hydrazine groups is 1. The van der Waals surface area contributed by atoms with Crippen molar-refractivity contribution < 1.29 is 4.79 Å². The Hall–Kier alpha value is -1.55. The van der Waals surface area contributed by atoms with E-state index in [4.69, 9.17) is 5.84 Å². The molecule has 0 aliphatic heterocycles. The van der Waals surface area contributed by atoms with Crippen LogP contribution in [0, 0.1) is 0 Å². The lowest BCUT2D eigenvalue weighted by Crippen LogP contribution is -2.30. The van der Waals surface area contributed by atoms with Gasteiger partial charge in [0.15, 0.2) is 0 Å². The molecule has 15 heavy (non-hydrogen) atoms. The van der Waals surface area contributed by atoms with E-state index in [2.05, 4.69) is 5.43 Å². The van der Waals surface area contributed by atoms with Crippen molar-refractivity contribution in [2.24, 2.45) is 5.84 Å². The Morgan fingerprint density at radius 2 is 1.93 bits per heavy atom. The van der Waals surface area contributed by atoms with Crippen LogP contribution in [0.4, 0.5) is 5.69 Å². The van der Waals surface area contributed by atoms with Gasteiger partial charge >= 0.3 is 0 Å². The molecule has 0 aromatic heterocycles. The third kappa shape index (κ3) is 3.59. The molecule has 0 radical (unpaired) electrons. The zero-order chi connectivity index (χ0) is 11.3. The average Bonchev–Trinajstić information content (AvgIpc) is 2.26. The van der Waals surface area contributed by atoms with Crippen LogP contribution in [0.5, 0.6) is 0 Å². The maximum atomic E-state index is 10.9. The highest BCUT2D eigenvalue weighted by atomic mass is 16.2. The molecule has 4 nitrogen and oxygen atoms in total. The van der Waals surface area contributed by atoms with Crippen LogP contribution in [0.1, 0.15) is 12.0 Å². The second-order valence-corrected chi connectivity index (χ2v) is 3.63. The van der Waals surface area contributed by atoms with E-state index in [0.717, 1.165) is 17.7 Å². The van der Waals surface area contributed by atoms with Crippen molar-refractivity contribution in [1.29, 1.82) is 0 Å². The molecule has 0 bridgehead atoms. The summed E-state index contributed by atoms with van der Waals surface area (Å²) in [5.41, 5.74) is 4.42. The summed E-state index contributed by atoms with van der Waals surface area (Å²) >= 11 is 0. The normalized spacial score (nSPS) is 9.80. The van der Waals surface area contributed by atoms with E-state index >= 15 is 0 Å². The van der Waals surface area contributed by atoms with Crippen LogP contribution in [0.3, 0.4) is 0 Å². The minimum absolute atomic E-state index is 0.133. The minimum Gasteiger partial charge on any atom is -0.378 e. The fourth-order valence-electron chi connectivity index (χ4n) is 1.29. The van der Waals surface area contributed by atoms with E-state index in [1.54, 1.807) is 0 Å². The van der Waals surface area contributed by atoms with Crippen LogP contribution < -0.4 is 16.2 Å². The highest BCUT2D eigenvalue weighted by Crippen LogP contribution is 2.13. The molecule has 1 aromatic carbocycles. The highest BCUT2D eigenvalue weighted by Gasteiger charge is 2.00. The van der Waals surface area contributed by atoms with Crippen LogP contribution >= 0.6 is 0 Å². The van der Waals surface area contributed by atoms with Crippen LogP contribution in [-0.2, 0) is 11.2 Å². The molecule has 0 fully saturated rings. The number of carbonyl (C=O) groups excluding carboxylic acids is 1. The van der Waals surface area contributed by atoms with Gasteiger partial charge in [0.1, 0.15) is 0 Å². The molecule has 82 valence electrons.